The third-order valence-corrected chi connectivity index (χ3v) is 9.96. The van der Waals surface area contributed by atoms with E-state index in [2.05, 4.69) is 20.8 Å². The zero-order chi connectivity index (χ0) is 45.4. The second-order valence-corrected chi connectivity index (χ2v) is 14.9. The van der Waals surface area contributed by atoms with Gasteiger partial charge in [0.05, 0.1) is 118 Å². The molecule has 0 saturated carbocycles. The lowest BCUT2D eigenvalue weighted by Crippen LogP contribution is -2.45. The minimum Gasteiger partial charge on any atom is -0.382 e. The Morgan fingerprint density at radius 3 is 1.44 bits per heavy atom. The van der Waals surface area contributed by atoms with Crippen molar-refractivity contribution in [2.75, 3.05) is 151 Å². The van der Waals surface area contributed by atoms with Crippen LogP contribution in [0.4, 0.5) is 0 Å². The predicted molar refractivity (Wildman–Crippen MR) is 210 cm³/mol. The molecule has 1 fully saturated rings. The largest absolute Gasteiger partial charge is 0.382 e. The highest BCUT2D eigenvalue weighted by atomic mass is 32.2. The summed E-state index contributed by atoms with van der Waals surface area (Å²) in [6.45, 7) is 2.27. The lowest BCUT2D eigenvalue weighted by molar-refractivity contribution is -0.196. The van der Waals surface area contributed by atoms with E-state index >= 15 is 0 Å². The topological polar surface area (TPSA) is 300 Å². The number of carbonyl (C=O) groups is 8. The van der Waals surface area contributed by atoms with Gasteiger partial charge in [-0.1, -0.05) is 0 Å². The SMILES string of the molecule is COCCOCCOCCOCCOCCOCCOCCOCCS(=O)(=O)N(CCC(=O)NCC(=O)NCC(=O)NCC(=O)ON1C(=O)CCC1=O)CCN1C(=O)C=CC1=O. The summed E-state index contributed by atoms with van der Waals surface area (Å²) in [4.78, 5) is 101. The minimum atomic E-state index is -4.07. The van der Waals surface area contributed by atoms with Crippen molar-refractivity contribution in [3.05, 3.63) is 12.2 Å². The second-order valence-electron chi connectivity index (χ2n) is 12.8. The molecule has 0 spiro atoms. The molecule has 26 heteroatoms. The number of rotatable bonds is 38. The van der Waals surface area contributed by atoms with Crippen LogP contribution in [0.15, 0.2) is 12.2 Å². The number of amides is 7. The number of hydrogen-bond acceptors (Lipinski definition) is 19. The van der Waals surface area contributed by atoms with Crippen molar-refractivity contribution in [3.8, 4) is 0 Å². The fourth-order valence-corrected chi connectivity index (χ4v) is 6.19. The Bertz CT molecular complexity index is 1550. The molecule has 7 amide bonds. The van der Waals surface area contributed by atoms with Gasteiger partial charge in [0, 0.05) is 58.2 Å². The van der Waals surface area contributed by atoms with Crippen LogP contribution in [0.25, 0.3) is 0 Å². The van der Waals surface area contributed by atoms with Gasteiger partial charge in [-0.3, -0.25) is 38.5 Å². The first-order chi connectivity index (χ1) is 29.8. The van der Waals surface area contributed by atoms with E-state index in [9.17, 15) is 46.8 Å². The summed E-state index contributed by atoms with van der Waals surface area (Å²) in [6.07, 6.45) is 1.50. The van der Waals surface area contributed by atoms with Gasteiger partial charge in [0.25, 0.3) is 23.6 Å². The number of methoxy groups -OCH3 is 1. The van der Waals surface area contributed by atoms with E-state index in [1.54, 1.807) is 7.11 Å². The number of ether oxygens (including phenoxy) is 8. The maximum Gasteiger partial charge on any atom is 0.352 e. The predicted octanol–water partition coefficient (Wildman–Crippen LogP) is -4.35. The van der Waals surface area contributed by atoms with Crippen molar-refractivity contribution < 1.29 is 89.5 Å². The van der Waals surface area contributed by atoms with E-state index < -0.39 is 89.2 Å². The molecule has 2 aliphatic rings. The number of nitrogens with one attached hydrogen (secondary N) is 3. The highest BCUT2D eigenvalue weighted by Gasteiger charge is 2.33. The highest BCUT2D eigenvalue weighted by molar-refractivity contribution is 7.89. The van der Waals surface area contributed by atoms with Crippen molar-refractivity contribution >= 4 is 57.3 Å². The fraction of sp³-hybridized carbons (Fsp3) is 0.722. The van der Waals surface area contributed by atoms with E-state index in [1.165, 1.54) is 0 Å². The Kier molecular flexibility index (Phi) is 27.9. The van der Waals surface area contributed by atoms with E-state index in [0.29, 0.717) is 77.7 Å². The van der Waals surface area contributed by atoms with Gasteiger partial charge in [-0.2, -0.15) is 4.31 Å². The molecule has 1 saturated heterocycles. The van der Waals surface area contributed by atoms with Gasteiger partial charge in [0.1, 0.15) is 6.54 Å². The molecule has 0 unspecified atom stereocenters. The van der Waals surface area contributed by atoms with Crippen molar-refractivity contribution in [1.82, 2.24) is 30.2 Å². The van der Waals surface area contributed by atoms with Gasteiger partial charge in [-0.25, -0.2) is 13.2 Å². The lowest BCUT2D eigenvalue weighted by atomic mass is 10.3. The lowest BCUT2D eigenvalue weighted by Gasteiger charge is -2.24. The van der Waals surface area contributed by atoms with E-state index in [-0.39, 0.29) is 58.9 Å². The zero-order valence-electron chi connectivity index (χ0n) is 34.8. The monoisotopic (exact) mass is 910 g/mol. The van der Waals surface area contributed by atoms with Crippen LogP contribution in [0, 0.1) is 0 Å². The first-order valence-corrected chi connectivity index (χ1v) is 21.4. The minimum absolute atomic E-state index is 0.0794. The van der Waals surface area contributed by atoms with Crippen LogP contribution >= 0.6 is 0 Å². The summed E-state index contributed by atoms with van der Waals surface area (Å²) in [6, 6.07) is 0. The van der Waals surface area contributed by atoms with Crippen LogP contribution in [0.2, 0.25) is 0 Å². The number of hydroxylamine groups is 2. The molecule has 0 aliphatic carbocycles. The van der Waals surface area contributed by atoms with Crippen LogP contribution in [0.5, 0.6) is 0 Å². The molecule has 0 aromatic carbocycles. The first kappa shape index (κ1) is 53.6. The molecular formula is C36H58N6O19S. The summed E-state index contributed by atoms with van der Waals surface area (Å²) in [5.74, 6) is -6.53. The van der Waals surface area contributed by atoms with Crippen molar-refractivity contribution in [2.24, 2.45) is 0 Å². The van der Waals surface area contributed by atoms with Crippen molar-refractivity contribution in [3.63, 3.8) is 0 Å². The average molecular weight is 911 g/mol. The molecule has 3 N–H and O–H groups in total. The number of sulfonamides is 1. The van der Waals surface area contributed by atoms with Gasteiger partial charge >= 0.3 is 5.97 Å². The maximum atomic E-state index is 13.2. The van der Waals surface area contributed by atoms with Gasteiger partial charge in [0.15, 0.2) is 0 Å². The van der Waals surface area contributed by atoms with Crippen molar-refractivity contribution in [2.45, 2.75) is 19.3 Å². The molecule has 25 nitrogen and oxygen atoms in total. The molecule has 2 heterocycles. The van der Waals surface area contributed by atoms with Crippen LogP contribution in [0.1, 0.15) is 19.3 Å². The van der Waals surface area contributed by atoms with Crippen LogP contribution in [-0.4, -0.2) is 221 Å². The Labute approximate surface area is 359 Å². The highest BCUT2D eigenvalue weighted by Crippen LogP contribution is 2.12. The third kappa shape index (κ3) is 24.2. The summed E-state index contributed by atoms with van der Waals surface area (Å²) in [5, 5.41) is 6.95. The standard InChI is InChI=1S/C36H58N6O19S/c1-53-10-11-54-12-13-55-14-15-56-16-17-57-18-19-58-20-21-59-22-23-60-24-25-62(51,52)40(8-9-41-32(46)2-3-33(41)47)7-6-29(43)37-26-30(44)38-27-31(45)39-28-36(50)61-42-34(48)4-5-35(42)49/h2-3H,4-28H2,1H3,(H,37,43)(H,38,44)(H,39,45). The molecule has 62 heavy (non-hydrogen) atoms. The normalized spacial score (nSPS) is 14.0. The smallest absolute Gasteiger partial charge is 0.352 e. The molecule has 0 aromatic heterocycles. The quantitative estimate of drug-likeness (QED) is 0.0390. The third-order valence-electron chi connectivity index (χ3n) is 8.13. The van der Waals surface area contributed by atoms with Gasteiger partial charge < -0.3 is 58.7 Å². The number of nitrogens with zero attached hydrogens (tertiary/aromatic N) is 3. The van der Waals surface area contributed by atoms with E-state index in [1.807, 2.05) is 0 Å². The Morgan fingerprint density at radius 1 is 0.581 bits per heavy atom. The number of carbonyl (C=O) groups excluding carboxylic acids is 8. The summed E-state index contributed by atoms with van der Waals surface area (Å²) >= 11 is 0. The Hall–Kier alpha value is -4.51. The molecule has 2 aliphatic heterocycles. The molecule has 0 atom stereocenters. The Morgan fingerprint density at radius 2 is 0.984 bits per heavy atom. The summed E-state index contributed by atoms with van der Waals surface area (Å²) in [7, 11) is -2.46. The summed E-state index contributed by atoms with van der Waals surface area (Å²) < 4.78 is 70.0. The summed E-state index contributed by atoms with van der Waals surface area (Å²) in [5.41, 5.74) is 0. The van der Waals surface area contributed by atoms with E-state index in [4.69, 9.17) is 37.9 Å². The molecule has 0 aromatic rings. The number of imide groups is 2. The number of hydrogen-bond donors (Lipinski definition) is 3. The molecule has 2 rings (SSSR count). The molecule has 352 valence electrons. The second kappa shape index (κ2) is 32.2. The van der Waals surface area contributed by atoms with Crippen LogP contribution < -0.4 is 16.0 Å². The van der Waals surface area contributed by atoms with E-state index in [0.717, 1.165) is 21.4 Å². The molecule has 0 radical (unpaired) electrons. The fourth-order valence-electron chi connectivity index (χ4n) is 4.87. The molecule has 0 bridgehead atoms. The average Bonchev–Trinajstić information content (AvgIpc) is 3.74. The first-order valence-electron chi connectivity index (χ1n) is 19.7. The van der Waals surface area contributed by atoms with Gasteiger partial charge in [0.2, 0.25) is 27.7 Å². The van der Waals surface area contributed by atoms with Crippen molar-refractivity contribution in [1.29, 1.82) is 0 Å². The van der Waals surface area contributed by atoms with Gasteiger partial charge in [-0.05, 0) is 0 Å². The van der Waals surface area contributed by atoms with Crippen LogP contribution in [0.3, 0.4) is 0 Å². The van der Waals surface area contributed by atoms with Crippen LogP contribution in [-0.2, 0) is 91.1 Å². The Balaban J connectivity index is 1.57. The maximum absolute atomic E-state index is 13.2. The molecular weight excluding hydrogens is 852 g/mol. The van der Waals surface area contributed by atoms with Gasteiger partial charge in [-0.15, -0.1) is 5.06 Å². The zero-order valence-corrected chi connectivity index (χ0v) is 35.7.